The van der Waals surface area contributed by atoms with Crippen molar-refractivity contribution in [2.75, 3.05) is 0 Å². The SMILES string of the molecule is CC(/C=N\N=C\C(C)=C/N)=C/N=CN. The highest BCUT2D eigenvalue weighted by Crippen LogP contribution is 1.88. The molecule has 0 unspecified atom stereocenters. The summed E-state index contributed by atoms with van der Waals surface area (Å²) < 4.78 is 0. The van der Waals surface area contributed by atoms with Gasteiger partial charge in [0.05, 0.1) is 18.8 Å². The summed E-state index contributed by atoms with van der Waals surface area (Å²) in [5.41, 5.74) is 12.0. The Bertz CT molecular complexity index is 296. The summed E-state index contributed by atoms with van der Waals surface area (Å²) in [5, 5.41) is 7.54. The van der Waals surface area contributed by atoms with E-state index < -0.39 is 0 Å². The molecule has 5 heteroatoms. The second-order valence-corrected chi connectivity index (χ2v) is 2.57. The van der Waals surface area contributed by atoms with Gasteiger partial charge in [-0.1, -0.05) is 0 Å². The Morgan fingerprint density at radius 1 is 1.00 bits per heavy atom. The highest BCUT2D eigenvalue weighted by atomic mass is 15.2. The zero-order valence-corrected chi connectivity index (χ0v) is 8.38. The van der Waals surface area contributed by atoms with Crippen molar-refractivity contribution in [3.05, 3.63) is 23.5 Å². The molecule has 0 saturated heterocycles. The third kappa shape index (κ3) is 6.78. The molecule has 0 aromatic rings. The van der Waals surface area contributed by atoms with Gasteiger partial charge in [0, 0.05) is 6.20 Å². The minimum absolute atomic E-state index is 0.851. The summed E-state index contributed by atoms with van der Waals surface area (Å²) in [6, 6.07) is 0. The van der Waals surface area contributed by atoms with Crippen molar-refractivity contribution < 1.29 is 0 Å². The van der Waals surface area contributed by atoms with Gasteiger partial charge in [0.2, 0.25) is 0 Å². The molecule has 0 aromatic carbocycles. The van der Waals surface area contributed by atoms with Crippen LogP contribution in [0, 0.1) is 0 Å². The van der Waals surface area contributed by atoms with E-state index in [4.69, 9.17) is 11.5 Å². The van der Waals surface area contributed by atoms with Crippen molar-refractivity contribution in [3.63, 3.8) is 0 Å². The van der Waals surface area contributed by atoms with Gasteiger partial charge in [0.15, 0.2) is 0 Å². The maximum absolute atomic E-state index is 5.23. The van der Waals surface area contributed by atoms with Gasteiger partial charge in [-0.2, -0.15) is 10.2 Å². The van der Waals surface area contributed by atoms with E-state index in [0.717, 1.165) is 11.1 Å². The molecule has 0 aliphatic heterocycles. The molecule has 14 heavy (non-hydrogen) atoms. The Kier molecular flexibility index (Phi) is 6.67. The minimum Gasteiger partial charge on any atom is -0.404 e. The molecule has 0 saturated carbocycles. The Balaban J connectivity index is 4.13. The number of hydrogen-bond acceptors (Lipinski definition) is 4. The van der Waals surface area contributed by atoms with E-state index in [2.05, 4.69) is 15.2 Å². The number of rotatable bonds is 4. The van der Waals surface area contributed by atoms with E-state index in [1.165, 1.54) is 12.5 Å². The van der Waals surface area contributed by atoms with Crippen molar-refractivity contribution >= 4 is 18.8 Å². The topological polar surface area (TPSA) is 89.1 Å². The van der Waals surface area contributed by atoms with Gasteiger partial charge in [0.25, 0.3) is 0 Å². The van der Waals surface area contributed by atoms with Gasteiger partial charge in [-0.25, -0.2) is 4.99 Å². The average molecular weight is 193 g/mol. The molecule has 0 aliphatic carbocycles. The summed E-state index contributed by atoms with van der Waals surface area (Å²) >= 11 is 0. The fourth-order valence-electron chi connectivity index (χ4n) is 0.486. The number of hydrogen-bond donors (Lipinski definition) is 2. The highest BCUT2D eigenvalue weighted by Gasteiger charge is 1.79. The molecule has 0 spiro atoms. The first-order valence-corrected chi connectivity index (χ1v) is 4.05. The third-order valence-corrected chi connectivity index (χ3v) is 1.22. The van der Waals surface area contributed by atoms with Crippen LogP contribution in [0.15, 0.2) is 38.7 Å². The predicted molar refractivity (Wildman–Crippen MR) is 61.4 cm³/mol. The molecule has 5 nitrogen and oxygen atoms in total. The average Bonchev–Trinajstić information content (AvgIpc) is 2.21. The molecule has 0 amide bonds. The van der Waals surface area contributed by atoms with Crippen LogP contribution >= 0.6 is 0 Å². The van der Waals surface area contributed by atoms with E-state index in [9.17, 15) is 0 Å². The standard InChI is InChI=1S/C9H15N5/c1-8(3-10)5-13-14-6-9(2)4-12-7-11/h3-7H,10H2,1-2H3,(H2,11,12)/b8-3-,9-4-,13-5+,14-6-. The van der Waals surface area contributed by atoms with Crippen LogP contribution in [-0.4, -0.2) is 18.8 Å². The van der Waals surface area contributed by atoms with E-state index in [0.29, 0.717) is 0 Å². The van der Waals surface area contributed by atoms with Crippen LogP contribution in [0.2, 0.25) is 0 Å². The molecule has 0 radical (unpaired) electrons. The number of aliphatic imine (C=N–C) groups is 1. The van der Waals surface area contributed by atoms with Gasteiger partial charge < -0.3 is 11.5 Å². The quantitative estimate of drug-likeness (QED) is 0.393. The van der Waals surface area contributed by atoms with Crippen LogP contribution in [0.3, 0.4) is 0 Å². The molecule has 76 valence electrons. The van der Waals surface area contributed by atoms with E-state index in [-0.39, 0.29) is 0 Å². The fourth-order valence-corrected chi connectivity index (χ4v) is 0.486. The zero-order valence-electron chi connectivity index (χ0n) is 8.38. The zero-order chi connectivity index (χ0) is 10.8. The Hall–Kier alpha value is -1.91. The van der Waals surface area contributed by atoms with Crippen molar-refractivity contribution in [1.29, 1.82) is 0 Å². The minimum atomic E-state index is 0.851. The molecule has 0 bridgehead atoms. The summed E-state index contributed by atoms with van der Waals surface area (Å²) in [7, 11) is 0. The van der Waals surface area contributed by atoms with Crippen molar-refractivity contribution in [1.82, 2.24) is 0 Å². The fraction of sp³-hybridized carbons (Fsp3) is 0.222. The molecule has 0 heterocycles. The van der Waals surface area contributed by atoms with Gasteiger partial charge in [-0.15, -0.1) is 0 Å². The summed E-state index contributed by atoms with van der Waals surface area (Å²) in [6.45, 7) is 3.68. The second-order valence-electron chi connectivity index (χ2n) is 2.57. The lowest BCUT2D eigenvalue weighted by Gasteiger charge is -1.85. The summed E-state index contributed by atoms with van der Waals surface area (Å²) in [4.78, 5) is 3.72. The monoisotopic (exact) mass is 193 g/mol. The number of allylic oxidation sites excluding steroid dienone is 2. The van der Waals surface area contributed by atoms with Crippen molar-refractivity contribution in [2.24, 2.45) is 26.7 Å². The van der Waals surface area contributed by atoms with Crippen LogP contribution in [0.4, 0.5) is 0 Å². The molecular weight excluding hydrogens is 178 g/mol. The maximum Gasteiger partial charge on any atom is 0.0852 e. The van der Waals surface area contributed by atoms with E-state index in [1.807, 2.05) is 13.8 Å². The highest BCUT2D eigenvalue weighted by molar-refractivity contribution is 5.80. The Morgan fingerprint density at radius 2 is 1.57 bits per heavy atom. The summed E-state index contributed by atoms with van der Waals surface area (Å²) in [6.07, 6.45) is 7.40. The van der Waals surface area contributed by atoms with Crippen LogP contribution in [0.1, 0.15) is 13.8 Å². The normalized spacial score (nSPS) is 15.0. The Morgan fingerprint density at radius 3 is 2.07 bits per heavy atom. The van der Waals surface area contributed by atoms with Crippen LogP contribution < -0.4 is 11.5 Å². The van der Waals surface area contributed by atoms with Gasteiger partial charge in [-0.05, 0) is 31.2 Å². The Labute approximate surface area is 83.6 Å². The lowest BCUT2D eigenvalue weighted by atomic mass is 10.4. The predicted octanol–water partition coefficient (Wildman–Crippen LogP) is 0.796. The molecule has 0 aromatic heterocycles. The molecule has 0 fully saturated rings. The largest absolute Gasteiger partial charge is 0.404 e. The lowest BCUT2D eigenvalue weighted by Crippen LogP contribution is -1.86. The molecule has 0 aliphatic rings. The van der Waals surface area contributed by atoms with Crippen molar-refractivity contribution in [3.8, 4) is 0 Å². The first kappa shape index (κ1) is 12.1. The molecule has 4 N–H and O–H groups in total. The van der Waals surface area contributed by atoms with Gasteiger partial charge in [-0.3, -0.25) is 0 Å². The number of nitrogens with zero attached hydrogens (tertiary/aromatic N) is 3. The second kappa shape index (κ2) is 7.72. The van der Waals surface area contributed by atoms with Crippen LogP contribution in [0.5, 0.6) is 0 Å². The van der Waals surface area contributed by atoms with E-state index >= 15 is 0 Å². The summed E-state index contributed by atoms with van der Waals surface area (Å²) in [5.74, 6) is 0. The van der Waals surface area contributed by atoms with Gasteiger partial charge in [0.1, 0.15) is 0 Å². The molecule has 0 atom stereocenters. The number of nitrogens with two attached hydrogens (primary N) is 2. The molecule has 0 rings (SSSR count). The first-order valence-electron chi connectivity index (χ1n) is 4.05. The molecular formula is C9H15N5. The lowest BCUT2D eigenvalue weighted by molar-refractivity contribution is 1.25. The first-order chi connectivity index (χ1) is 6.70. The maximum atomic E-state index is 5.23. The van der Waals surface area contributed by atoms with Gasteiger partial charge >= 0.3 is 0 Å². The van der Waals surface area contributed by atoms with Crippen LogP contribution in [-0.2, 0) is 0 Å². The smallest absolute Gasteiger partial charge is 0.0852 e. The van der Waals surface area contributed by atoms with Crippen LogP contribution in [0.25, 0.3) is 0 Å². The van der Waals surface area contributed by atoms with E-state index in [1.54, 1.807) is 18.6 Å². The van der Waals surface area contributed by atoms with Crippen molar-refractivity contribution in [2.45, 2.75) is 13.8 Å². The third-order valence-electron chi connectivity index (χ3n) is 1.22.